The Morgan fingerprint density at radius 2 is 1.76 bits per heavy atom. The Morgan fingerprint density at radius 1 is 1.00 bits per heavy atom. The van der Waals surface area contributed by atoms with Gasteiger partial charge in [0.15, 0.2) is 0 Å². The number of aromatic nitrogens is 1. The maximum atomic E-state index is 14.2. The summed E-state index contributed by atoms with van der Waals surface area (Å²) >= 11 is 0. The van der Waals surface area contributed by atoms with Crippen molar-refractivity contribution in [1.82, 2.24) is 10.3 Å². The molecule has 1 aromatic heterocycles. The van der Waals surface area contributed by atoms with Crippen molar-refractivity contribution in [2.24, 2.45) is 0 Å². The molecular weight excluding hydrogens is 417 g/mol. The van der Waals surface area contributed by atoms with E-state index in [1.165, 1.54) is 35.7 Å². The van der Waals surface area contributed by atoms with E-state index < -0.39 is 17.8 Å². The van der Waals surface area contributed by atoms with E-state index in [0.29, 0.717) is 11.3 Å². The number of nitrogens with one attached hydrogen (secondary N) is 1. The molecule has 1 heterocycles. The Bertz CT molecular complexity index is 1100. The fourth-order valence-corrected chi connectivity index (χ4v) is 4.32. The number of anilines is 1. The first-order valence-electron chi connectivity index (χ1n) is 11.4. The molecule has 1 atom stereocenters. The number of halogens is 1. The molecule has 1 fully saturated rings. The van der Waals surface area contributed by atoms with E-state index in [2.05, 4.69) is 10.3 Å². The average molecular weight is 446 g/mol. The van der Waals surface area contributed by atoms with Gasteiger partial charge in [0, 0.05) is 17.9 Å². The van der Waals surface area contributed by atoms with E-state index in [1.54, 1.807) is 24.3 Å². The Hall–Kier alpha value is -3.54. The summed E-state index contributed by atoms with van der Waals surface area (Å²) in [6, 6.07) is 17.4. The SMILES string of the molecule is Cc1ccc([C@H](C(=O)NC2CCCCC2)N(C(=O)c2ccccn2)c2cccc(F)c2)cc1. The molecule has 0 radical (unpaired) electrons. The standard InChI is InChI=1S/C27H28FN3O2/c1-19-13-15-20(16-14-19)25(26(32)30-22-9-3-2-4-10-22)31(23-11-7-8-21(28)18-23)27(33)24-12-5-6-17-29-24/h5-8,11-18,22,25H,2-4,9-10H2,1H3,(H,30,32)/t25-/m1/s1. The van der Waals surface area contributed by atoms with Crippen molar-refractivity contribution < 1.29 is 14.0 Å². The highest BCUT2D eigenvalue weighted by Gasteiger charge is 2.35. The van der Waals surface area contributed by atoms with Crippen LogP contribution >= 0.6 is 0 Å². The van der Waals surface area contributed by atoms with Gasteiger partial charge in [-0.3, -0.25) is 19.5 Å². The fourth-order valence-electron chi connectivity index (χ4n) is 4.32. The number of aryl methyl sites for hydroxylation is 1. The van der Waals surface area contributed by atoms with E-state index >= 15 is 0 Å². The second-order valence-electron chi connectivity index (χ2n) is 8.53. The Morgan fingerprint density at radius 3 is 2.42 bits per heavy atom. The largest absolute Gasteiger partial charge is 0.351 e. The summed E-state index contributed by atoms with van der Waals surface area (Å²) in [5, 5.41) is 3.16. The molecule has 0 spiro atoms. The highest BCUT2D eigenvalue weighted by molar-refractivity contribution is 6.09. The number of carbonyl (C=O) groups excluding carboxylic acids is 2. The first-order chi connectivity index (χ1) is 16.0. The van der Waals surface area contributed by atoms with Gasteiger partial charge in [-0.15, -0.1) is 0 Å². The third-order valence-corrected chi connectivity index (χ3v) is 6.04. The number of rotatable bonds is 6. The van der Waals surface area contributed by atoms with Crippen LogP contribution in [0.25, 0.3) is 0 Å². The van der Waals surface area contributed by atoms with Crippen LogP contribution in [-0.2, 0) is 4.79 Å². The molecule has 0 unspecified atom stereocenters. The smallest absolute Gasteiger partial charge is 0.277 e. The van der Waals surface area contributed by atoms with Gasteiger partial charge in [0.2, 0.25) is 5.91 Å². The summed E-state index contributed by atoms with van der Waals surface area (Å²) < 4.78 is 14.2. The Labute approximate surface area is 193 Å². The van der Waals surface area contributed by atoms with Crippen molar-refractivity contribution >= 4 is 17.5 Å². The molecule has 2 amide bonds. The molecule has 2 aromatic carbocycles. The molecule has 1 saturated carbocycles. The number of amides is 2. The van der Waals surface area contributed by atoms with Crippen LogP contribution in [-0.4, -0.2) is 22.8 Å². The van der Waals surface area contributed by atoms with Crippen LogP contribution in [0.1, 0.15) is 59.8 Å². The predicted molar refractivity (Wildman–Crippen MR) is 126 cm³/mol. The second kappa shape index (κ2) is 10.4. The number of carbonyl (C=O) groups is 2. The fraction of sp³-hybridized carbons (Fsp3) is 0.296. The summed E-state index contributed by atoms with van der Waals surface area (Å²) in [6.07, 6.45) is 6.67. The van der Waals surface area contributed by atoms with Crippen LogP contribution in [0.4, 0.5) is 10.1 Å². The third kappa shape index (κ3) is 5.45. The van der Waals surface area contributed by atoms with Gasteiger partial charge in [-0.05, 0) is 55.7 Å². The third-order valence-electron chi connectivity index (χ3n) is 6.04. The maximum absolute atomic E-state index is 14.2. The summed E-state index contributed by atoms with van der Waals surface area (Å²) in [5.74, 6) is -1.23. The van der Waals surface area contributed by atoms with Crippen molar-refractivity contribution in [3.63, 3.8) is 0 Å². The van der Waals surface area contributed by atoms with Crippen LogP contribution in [0, 0.1) is 12.7 Å². The van der Waals surface area contributed by atoms with Gasteiger partial charge in [0.1, 0.15) is 17.6 Å². The normalized spacial score (nSPS) is 15.0. The van der Waals surface area contributed by atoms with E-state index in [9.17, 15) is 14.0 Å². The van der Waals surface area contributed by atoms with Gasteiger partial charge in [0.25, 0.3) is 5.91 Å². The zero-order valence-corrected chi connectivity index (χ0v) is 18.7. The molecule has 170 valence electrons. The van der Waals surface area contributed by atoms with Crippen LogP contribution < -0.4 is 10.2 Å². The maximum Gasteiger partial charge on any atom is 0.277 e. The molecular formula is C27H28FN3O2. The lowest BCUT2D eigenvalue weighted by Gasteiger charge is -2.33. The van der Waals surface area contributed by atoms with E-state index in [0.717, 1.165) is 31.2 Å². The highest BCUT2D eigenvalue weighted by atomic mass is 19.1. The molecule has 0 bridgehead atoms. The zero-order chi connectivity index (χ0) is 23.2. The molecule has 1 N–H and O–H groups in total. The van der Waals surface area contributed by atoms with Crippen molar-refractivity contribution in [3.05, 3.63) is 95.6 Å². The quantitative estimate of drug-likeness (QED) is 0.555. The average Bonchev–Trinajstić information content (AvgIpc) is 2.84. The van der Waals surface area contributed by atoms with Crippen molar-refractivity contribution in [3.8, 4) is 0 Å². The van der Waals surface area contributed by atoms with E-state index in [-0.39, 0.29) is 17.6 Å². The molecule has 33 heavy (non-hydrogen) atoms. The van der Waals surface area contributed by atoms with Gasteiger partial charge < -0.3 is 5.32 Å². The summed E-state index contributed by atoms with van der Waals surface area (Å²) in [4.78, 5) is 33.0. The number of nitrogens with zero attached hydrogens (tertiary/aromatic N) is 2. The predicted octanol–water partition coefficient (Wildman–Crippen LogP) is 5.37. The first kappa shape index (κ1) is 22.6. The number of pyridine rings is 1. The minimum absolute atomic E-state index is 0.0681. The van der Waals surface area contributed by atoms with Crippen molar-refractivity contribution in [2.45, 2.75) is 51.1 Å². The minimum atomic E-state index is -0.969. The summed E-state index contributed by atoms with van der Waals surface area (Å²) in [6.45, 7) is 1.96. The van der Waals surface area contributed by atoms with Gasteiger partial charge in [-0.2, -0.15) is 0 Å². The monoisotopic (exact) mass is 445 g/mol. The van der Waals surface area contributed by atoms with Gasteiger partial charge in [-0.25, -0.2) is 4.39 Å². The van der Waals surface area contributed by atoms with Gasteiger partial charge in [-0.1, -0.05) is 61.2 Å². The lowest BCUT2D eigenvalue weighted by atomic mass is 9.94. The molecule has 0 saturated heterocycles. The van der Waals surface area contributed by atoms with Crippen molar-refractivity contribution in [1.29, 1.82) is 0 Å². The van der Waals surface area contributed by atoms with Crippen LogP contribution in [0.5, 0.6) is 0 Å². The van der Waals surface area contributed by atoms with E-state index in [1.807, 2.05) is 31.2 Å². The number of hydrogen-bond donors (Lipinski definition) is 1. The molecule has 0 aliphatic heterocycles. The van der Waals surface area contributed by atoms with Crippen LogP contribution in [0.3, 0.4) is 0 Å². The molecule has 6 heteroatoms. The minimum Gasteiger partial charge on any atom is -0.351 e. The molecule has 1 aliphatic carbocycles. The number of benzene rings is 2. The lowest BCUT2D eigenvalue weighted by Crippen LogP contribution is -2.47. The second-order valence-corrected chi connectivity index (χ2v) is 8.53. The van der Waals surface area contributed by atoms with Crippen LogP contribution in [0.2, 0.25) is 0 Å². The molecule has 1 aliphatic rings. The van der Waals surface area contributed by atoms with Crippen LogP contribution in [0.15, 0.2) is 72.9 Å². The molecule has 3 aromatic rings. The number of hydrogen-bond acceptors (Lipinski definition) is 3. The lowest BCUT2D eigenvalue weighted by molar-refractivity contribution is -0.123. The van der Waals surface area contributed by atoms with E-state index in [4.69, 9.17) is 0 Å². The summed E-state index contributed by atoms with van der Waals surface area (Å²) in [5.41, 5.74) is 2.18. The van der Waals surface area contributed by atoms with Gasteiger partial charge >= 0.3 is 0 Å². The zero-order valence-electron chi connectivity index (χ0n) is 18.7. The Balaban J connectivity index is 1.80. The highest BCUT2D eigenvalue weighted by Crippen LogP contribution is 2.31. The molecule has 4 rings (SSSR count). The van der Waals surface area contributed by atoms with Gasteiger partial charge in [0.05, 0.1) is 0 Å². The molecule has 5 nitrogen and oxygen atoms in total. The topological polar surface area (TPSA) is 62.3 Å². The van der Waals surface area contributed by atoms with Crippen molar-refractivity contribution in [2.75, 3.05) is 4.90 Å². The first-order valence-corrected chi connectivity index (χ1v) is 11.4. The summed E-state index contributed by atoms with van der Waals surface area (Å²) in [7, 11) is 0. The Kier molecular flexibility index (Phi) is 7.13.